The van der Waals surface area contributed by atoms with E-state index in [1.54, 1.807) is 0 Å². The molecule has 2 atom stereocenters. The fourth-order valence-electron chi connectivity index (χ4n) is 1.05. The second-order valence-electron chi connectivity index (χ2n) is 3.49. The molecule has 2 unspecified atom stereocenters. The van der Waals surface area contributed by atoms with Crippen molar-refractivity contribution in [2.75, 3.05) is 20.3 Å². The fourth-order valence-corrected chi connectivity index (χ4v) is 1.05. The van der Waals surface area contributed by atoms with Crippen molar-refractivity contribution in [2.24, 2.45) is 5.92 Å². The molecule has 3 N–H and O–H groups in total. The number of carbonyl (C=O) groups excluding carboxylic acids is 1. The molecule has 0 aromatic heterocycles. The molecule has 0 rings (SSSR count). The van der Waals surface area contributed by atoms with Gasteiger partial charge in [-0.1, -0.05) is 13.8 Å². The largest absolute Gasteiger partial charge is 0.468 e. The van der Waals surface area contributed by atoms with Crippen LogP contribution < -0.4 is 5.32 Å². The molecule has 0 aromatic carbocycles. The van der Waals surface area contributed by atoms with Crippen LogP contribution in [0, 0.1) is 5.92 Å². The van der Waals surface area contributed by atoms with E-state index in [2.05, 4.69) is 10.1 Å². The van der Waals surface area contributed by atoms with E-state index < -0.39 is 12.1 Å². The zero-order chi connectivity index (χ0) is 11.1. The van der Waals surface area contributed by atoms with Gasteiger partial charge < -0.3 is 20.3 Å². The summed E-state index contributed by atoms with van der Waals surface area (Å²) in [6, 6.07) is -0.443. The van der Waals surface area contributed by atoms with Crippen LogP contribution in [0.25, 0.3) is 0 Å². The normalized spacial score (nSPS) is 15.3. The Hall–Kier alpha value is -0.650. The van der Waals surface area contributed by atoms with Gasteiger partial charge >= 0.3 is 5.97 Å². The Bertz CT molecular complexity index is 172. The molecule has 84 valence electrons. The molecule has 14 heavy (non-hydrogen) atoms. The first-order valence-electron chi connectivity index (χ1n) is 4.63. The van der Waals surface area contributed by atoms with E-state index in [9.17, 15) is 4.79 Å². The fraction of sp³-hybridized carbons (Fsp3) is 0.889. The quantitative estimate of drug-likeness (QED) is 0.491. The maximum Gasteiger partial charge on any atom is 0.323 e. The lowest BCUT2D eigenvalue weighted by molar-refractivity contribution is -0.144. The second kappa shape index (κ2) is 6.75. The van der Waals surface area contributed by atoms with Crippen molar-refractivity contribution in [2.45, 2.75) is 26.0 Å². The first-order chi connectivity index (χ1) is 6.52. The Morgan fingerprint density at radius 2 is 2.07 bits per heavy atom. The molecule has 0 saturated carbocycles. The Morgan fingerprint density at radius 1 is 1.50 bits per heavy atom. The Labute approximate surface area is 84.1 Å². The third-order valence-electron chi connectivity index (χ3n) is 1.91. The van der Waals surface area contributed by atoms with Crippen molar-refractivity contribution in [3.8, 4) is 0 Å². The van der Waals surface area contributed by atoms with E-state index in [-0.39, 0.29) is 25.0 Å². The molecule has 0 heterocycles. The van der Waals surface area contributed by atoms with Gasteiger partial charge in [-0.05, 0) is 5.92 Å². The van der Waals surface area contributed by atoms with E-state index in [0.717, 1.165) is 0 Å². The standard InChI is InChI=1S/C9H19NO4/c1-6(2)8(9(13)14-3)10-4-7(12)5-11/h6-8,10-12H,4-5H2,1-3H3. The number of carbonyl (C=O) groups is 1. The first-order valence-corrected chi connectivity index (χ1v) is 4.63. The summed E-state index contributed by atoms with van der Waals surface area (Å²) < 4.78 is 4.59. The van der Waals surface area contributed by atoms with Gasteiger partial charge in [0.25, 0.3) is 0 Å². The molecule has 0 aliphatic carbocycles. The molecule has 0 saturated heterocycles. The number of methoxy groups -OCH3 is 1. The van der Waals surface area contributed by atoms with Crippen molar-refractivity contribution in [3.05, 3.63) is 0 Å². The van der Waals surface area contributed by atoms with Gasteiger partial charge in [0.05, 0.1) is 19.8 Å². The van der Waals surface area contributed by atoms with Crippen molar-refractivity contribution in [3.63, 3.8) is 0 Å². The third-order valence-corrected chi connectivity index (χ3v) is 1.91. The molecule has 0 aromatic rings. The topological polar surface area (TPSA) is 78.8 Å². The highest BCUT2D eigenvalue weighted by Gasteiger charge is 2.22. The number of nitrogens with one attached hydrogen (secondary N) is 1. The summed E-state index contributed by atoms with van der Waals surface area (Å²) in [5, 5.41) is 20.5. The van der Waals surface area contributed by atoms with E-state index in [4.69, 9.17) is 10.2 Å². The van der Waals surface area contributed by atoms with Crippen molar-refractivity contribution < 1.29 is 19.7 Å². The minimum absolute atomic E-state index is 0.0772. The Morgan fingerprint density at radius 3 is 2.43 bits per heavy atom. The highest BCUT2D eigenvalue weighted by atomic mass is 16.5. The summed E-state index contributed by atoms with van der Waals surface area (Å²) in [5.41, 5.74) is 0. The van der Waals surface area contributed by atoms with Crippen LogP contribution in [0.15, 0.2) is 0 Å². The summed E-state index contributed by atoms with van der Waals surface area (Å²) >= 11 is 0. The zero-order valence-corrected chi connectivity index (χ0v) is 8.86. The summed E-state index contributed by atoms with van der Waals surface area (Å²) in [6.45, 7) is 3.60. The van der Waals surface area contributed by atoms with Gasteiger partial charge in [0, 0.05) is 6.54 Å². The van der Waals surface area contributed by atoms with E-state index in [0.29, 0.717) is 0 Å². The van der Waals surface area contributed by atoms with E-state index in [1.165, 1.54) is 7.11 Å². The summed E-state index contributed by atoms with van der Waals surface area (Å²) in [4.78, 5) is 11.2. The average Bonchev–Trinajstić information content (AvgIpc) is 2.16. The monoisotopic (exact) mass is 205 g/mol. The maximum atomic E-state index is 11.2. The average molecular weight is 205 g/mol. The number of esters is 1. The number of rotatable bonds is 6. The molecular formula is C9H19NO4. The SMILES string of the molecule is COC(=O)C(NCC(O)CO)C(C)C. The van der Waals surface area contributed by atoms with Crippen LogP contribution >= 0.6 is 0 Å². The van der Waals surface area contributed by atoms with Crippen LogP contribution in [0.5, 0.6) is 0 Å². The van der Waals surface area contributed by atoms with E-state index in [1.807, 2.05) is 13.8 Å². The van der Waals surface area contributed by atoms with E-state index >= 15 is 0 Å². The maximum absolute atomic E-state index is 11.2. The minimum atomic E-state index is -0.846. The summed E-state index contributed by atoms with van der Waals surface area (Å²) in [5.74, 6) is -0.279. The Kier molecular flexibility index (Phi) is 6.44. The summed E-state index contributed by atoms with van der Waals surface area (Å²) in [6.07, 6.45) is -0.846. The second-order valence-corrected chi connectivity index (χ2v) is 3.49. The van der Waals surface area contributed by atoms with Gasteiger partial charge in [-0.15, -0.1) is 0 Å². The number of hydrogen-bond donors (Lipinski definition) is 3. The molecule has 0 fully saturated rings. The van der Waals surface area contributed by atoms with Gasteiger partial charge in [-0.2, -0.15) is 0 Å². The first kappa shape index (κ1) is 13.4. The van der Waals surface area contributed by atoms with Crippen molar-refractivity contribution >= 4 is 5.97 Å². The molecule has 5 nitrogen and oxygen atoms in total. The molecular weight excluding hydrogens is 186 g/mol. The predicted molar refractivity (Wildman–Crippen MR) is 51.7 cm³/mol. The smallest absolute Gasteiger partial charge is 0.323 e. The number of ether oxygens (including phenoxy) is 1. The third kappa shape index (κ3) is 4.55. The number of hydrogen-bond acceptors (Lipinski definition) is 5. The predicted octanol–water partition coefficient (Wildman–Crippen LogP) is -0.873. The van der Waals surface area contributed by atoms with Crippen LogP contribution in [0.3, 0.4) is 0 Å². The van der Waals surface area contributed by atoms with Gasteiger partial charge in [0.15, 0.2) is 0 Å². The van der Waals surface area contributed by atoms with Crippen LogP contribution in [-0.2, 0) is 9.53 Å². The van der Waals surface area contributed by atoms with Crippen LogP contribution in [0.2, 0.25) is 0 Å². The van der Waals surface area contributed by atoms with Crippen molar-refractivity contribution in [1.82, 2.24) is 5.32 Å². The molecule has 0 aliphatic heterocycles. The lowest BCUT2D eigenvalue weighted by Crippen LogP contribution is -2.45. The minimum Gasteiger partial charge on any atom is -0.468 e. The lowest BCUT2D eigenvalue weighted by atomic mass is 10.0. The van der Waals surface area contributed by atoms with Gasteiger partial charge in [-0.25, -0.2) is 0 Å². The molecule has 0 bridgehead atoms. The van der Waals surface area contributed by atoms with Gasteiger partial charge in [0.2, 0.25) is 0 Å². The van der Waals surface area contributed by atoms with Crippen LogP contribution in [0.4, 0.5) is 0 Å². The van der Waals surface area contributed by atoms with Gasteiger partial charge in [0.1, 0.15) is 6.04 Å². The molecule has 0 spiro atoms. The molecule has 0 radical (unpaired) electrons. The molecule has 5 heteroatoms. The molecule has 0 amide bonds. The Balaban J connectivity index is 4.04. The number of aliphatic hydroxyl groups is 2. The van der Waals surface area contributed by atoms with Crippen LogP contribution in [-0.4, -0.2) is 48.6 Å². The van der Waals surface area contributed by atoms with Crippen molar-refractivity contribution in [1.29, 1.82) is 0 Å². The molecule has 0 aliphatic rings. The zero-order valence-electron chi connectivity index (χ0n) is 8.86. The van der Waals surface area contributed by atoms with Gasteiger partial charge in [-0.3, -0.25) is 4.79 Å². The summed E-state index contributed by atoms with van der Waals surface area (Å²) in [7, 11) is 1.32. The highest BCUT2D eigenvalue weighted by molar-refractivity contribution is 5.75. The van der Waals surface area contributed by atoms with Crippen LogP contribution in [0.1, 0.15) is 13.8 Å². The number of aliphatic hydroxyl groups excluding tert-OH is 2. The highest BCUT2D eigenvalue weighted by Crippen LogP contribution is 2.03. The lowest BCUT2D eigenvalue weighted by Gasteiger charge is -2.20.